The fourth-order valence-electron chi connectivity index (χ4n) is 12.4. The maximum absolute atomic E-state index is 14.6. The summed E-state index contributed by atoms with van der Waals surface area (Å²) in [5, 5.41) is 48.5. The van der Waals surface area contributed by atoms with Gasteiger partial charge in [0, 0.05) is 57.2 Å². The number of carbonyl (C=O) groups excluding carboxylic acids is 4. The number of esters is 3. The smallest absolute Gasteiger partial charge is 0.491 e. The molecule has 4 N–H and O–H groups in total. The quantitative estimate of drug-likeness (QED) is 0.0569. The zero-order valence-corrected chi connectivity index (χ0v) is 52.7. The third-order valence-corrected chi connectivity index (χ3v) is 17.3. The summed E-state index contributed by atoms with van der Waals surface area (Å²) in [5.74, 6) is -4.19. The molecule has 0 spiro atoms. The van der Waals surface area contributed by atoms with Gasteiger partial charge in [0.15, 0.2) is 18.7 Å². The van der Waals surface area contributed by atoms with Crippen LogP contribution < -0.4 is 10.2 Å². The second kappa shape index (κ2) is 29.6. The van der Waals surface area contributed by atoms with Crippen molar-refractivity contribution < 1.29 is 96.4 Å². The van der Waals surface area contributed by atoms with Crippen LogP contribution in [0.4, 0.5) is 4.79 Å². The van der Waals surface area contributed by atoms with Gasteiger partial charge in [-0.25, -0.2) is 9.59 Å². The Hall–Kier alpha value is -4.57. The summed E-state index contributed by atoms with van der Waals surface area (Å²) < 4.78 is 73.3. The third kappa shape index (κ3) is 17.2. The number of aliphatic hydroxyl groups excluding tert-OH is 2. The molecule has 3 saturated heterocycles. The normalized spacial score (nSPS) is 35.9. The second-order valence-corrected chi connectivity index (χ2v) is 24.8. The van der Waals surface area contributed by atoms with Gasteiger partial charge in [-0.2, -0.15) is 0 Å². The lowest BCUT2D eigenvalue weighted by Crippen LogP contribution is -2.61. The lowest BCUT2D eigenvalue weighted by molar-refractivity contribution is -0.318. The van der Waals surface area contributed by atoms with Gasteiger partial charge >= 0.3 is 24.1 Å². The van der Waals surface area contributed by atoms with E-state index < -0.39 is 126 Å². The number of likely N-dealkylation sites (N-methyl/N-ethyl adjacent to an activating group) is 2. The van der Waals surface area contributed by atoms with Gasteiger partial charge in [0.25, 0.3) is 0 Å². The van der Waals surface area contributed by atoms with Gasteiger partial charge in [-0.05, 0) is 133 Å². The van der Waals surface area contributed by atoms with Crippen LogP contribution in [0.25, 0.3) is 10.9 Å². The van der Waals surface area contributed by atoms with Crippen LogP contribution in [-0.4, -0.2) is 217 Å². The second-order valence-electron chi connectivity index (χ2n) is 24.8. The van der Waals surface area contributed by atoms with Gasteiger partial charge in [0.1, 0.15) is 47.4 Å². The Bertz CT molecular complexity index is 2610. The molecule has 24 heteroatoms. The Balaban J connectivity index is 1.14. The van der Waals surface area contributed by atoms with Crippen molar-refractivity contribution in [1.29, 1.82) is 0 Å². The highest BCUT2D eigenvalue weighted by molar-refractivity contribution is 5.94. The highest BCUT2D eigenvalue weighted by Crippen LogP contribution is 2.42. The van der Waals surface area contributed by atoms with Gasteiger partial charge < -0.3 is 91.6 Å². The van der Waals surface area contributed by atoms with Crippen molar-refractivity contribution >= 4 is 35.0 Å². The Morgan fingerprint density at radius 1 is 0.906 bits per heavy atom. The number of fused-ring (bicyclic) bond motifs is 1. The molecule has 19 atom stereocenters. The number of aliphatic hydroxyl groups is 4. The molecule has 1 aromatic carbocycles. The first-order valence-corrected chi connectivity index (χ1v) is 30.1. The molecule has 1 aromatic heterocycles. The minimum absolute atomic E-state index is 0.00136. The van der Waals surface area contributed by atoms with Crippen LogP contribution in [0.2, 0.25) is 0 Å². The van der Waals surface area contributed by atoms with Gasteiger partial charge in [0.05, 0.1) is 73.1 Å². The van der Waals surface area contributed by atoms with Crippen LogP contribution in [-0.2, 0) is 61.7 Å². The Kier molecular flexibility index (Phi) is 24.2. The van der Waals surface area contributed by atoms with Crippen molar-refractivity contribution in [3.63, 3.8) is 0 Å². The van der Waals surface area contributed by atoms with Crippen molar-refractivity contribution in [2.75, 3.05) is 61.2 Å². The molecule has 4 aliphatic rings. The molecule has 482 valence electrons. The summed E-state index contributed by atoms with van der Waals surface area (Å²) in [6.07, 6.45) is -8.76. The molecule has 0 amide bonds. The highest BCUT2D eigenvalue weighted by Gasteiger charge is 2.54. The van der Waals surface area contributed by atoms with Crippen LogP contribution in [0.1, 0.15) is 144 Å². The summed E-state index contributed by atoms with van der Waals surface area (Å²) in [6.45, 7) is 20.8. The average molecular weight is 1210 g/mol. The SMILES string of the molecule is CCOC(=O)OC(C)OC(=O)c1cn(C2CC2)c2ccc(OCCOCCC(=O)O[C@H]3[C@H](C)OC(O[C@H]4[C@H](C)[C@@H](OC5O[C@H](C)C[C@H](N(C)C)[C@H]5O)[C@](C)(O)C[C@@H](C)CN(C)[C@H](C)[C@@H](O)[C@](C)(O)[C@@H](CC)OC(=O)[C@@H]4C)C[C@]3(C)OC)cc2c1=O. The van der Waals surface area contributed by atoms with E-state index in [1.165, 1.54) is 33.2 Å². The predicted molar refractivity (Wildman–Crippen MR) is 308 cm³/mol. The predicted octanol–water partition coefficient (Wildman–Crippen LogP) is 5.26. The maximum Gasteiger partial charge on any atom is 0.511 e. The fraction of sp³-hybridized carbons (Fsp3) is 0.787. The van der Waals surface area contributed by atoms with E-state index in [1.54, 1.807) is 67.5 Å². The van der Waals surface area contributed by atoms with Crippen LogP contribution in [0.5, 0.6) is 5.75 Å². The van der Waals surface area contributed by atoms with Crippen molar-refractivity contribution in [2.24, 2.45) is 17.8 Å². The van der Waals surface area contributed by atoms with E-state index in [0.29, 0.717) is 24.2 Å². The maximum atomic E-state index is 14.6. The number of methoxy groups -OCH3 is 1. The topological polar surface area (TPSA) is 288 Å². The van der Waals surface area contributed by atoms with E-state index in [9.17, 15) is 44.4 Å². The number of hydrogen-bond donors (Lipinski definition) is 4. The summed E-state index contributed by atoms with van der Waals surface area (Å²) in [6, 6.07) is 4.12. The van der Waals surface area contributed by atoms with Crippen LogP contribution in [0.15, 0.2) is 29.2 Å². The molecule has 3 unspecified atom stereocenters. The monoisotopic (exact) mass is 1210 g/mol. The number of cyclic esters (lactones) is 1. The summed E-state index contributed by atoms with van der Waals surface area (Å²) >= 11 is 0. The first kappa shape index (κ1) is 69.5. The molecule has 1 saturated carbocycles. The number of ether oxygens (including phenoxy) is 12. The number of hydrogen-bond acceptors (Lipinski definition) is 23. The zero-order valence-electron chi connectivity index (χ0n) is 52.7. The molecular formula is C61H97N3O21. The Morgan fingerprint density at radius 2 is 1.60 bits per heavy atom. The van der Waals surface area contributed by atoms with E-state index in [2.05, 4.69) is 0 Å². The Morgan fingerprint density at radius 3 is 2.24 bits per heavy atom. The molecule has 3 aliphatic heterocycles. The number of benzene rings is 1. The van der Waals surface area contributed by atoms with E-state index >= 15 is 0 Å². The molecule has 4 heterocycles. The number of nitrogens with zero attached hydrogens (tertiary/aromatic N) is 3. The third-order valence-electron chi connectivity index (χ3n) is 17.3. The van der Waals surface area contributed by atoms with Gasteiger partial charge in [-0.1, -0.05) is 20.8 Å². The van der Waals surface area contributed by atoms with E-state index in [-0.39, 0.29) is 87.2 Å². The van der Waals surface area contributed by atoms with Gasteiger partial charge in [0.2, 0.25) is 11.7 Å². The average Bonchev–Trinajstić information content (AvgIpc) is 2.43. The molecular weight excluding hydrogens is 1110 g/mol. The molecule has 0 bridgehead atoms. The molecule has 1 aliphatic carbocycles. The molecule has 0 radical (unpaired) electrons. The van der Waals surface area contributed by atoms with Gasteiger partial charge in [-0.15, -0.1) is 0 Å². The molecule has 2 aromatic rings. The number of pyridine rings is 1. The first-order chi connectivity index (χ1) is 39.9. The number of aromatic nitrogens is 1. The van der Waals surface area contributed by atoms with Crippen molar-refractivity contribution in [1.82, 2.24) is 14.4 Å². The largest absolute Gasteiger partial charge is 0.511 e. The lowest BCUT2D eigenvalue weighted by atomic mass is 9.77. The minimum atomic E-state index is -1.88. The molecule has 4 fully saturated rings. The van der Waals surface area contributed by atoms with E-state index in [0.717, 1.165) is 12.8 Å². The van der Waals surface area contributed by atoms with Crippen molar-refractivity contribution in [3.05, 3.63) is 40.2 Å². The van der Waals surface area contributed by atoms with Crippen molar-refractivity contribution in [2.45, 2.75) is 231 Å². The fourth-order valence-corrected chi connectivity index (χ4v) is 12.4. The zero-order chi connectivity index (χ0) is 63.0. The summed E-state index contributed by atoms with van der Waals surface area (Å²) in [4.78, 5) is 70.6. The van der Waals surface area contributed by atoms with Crippen LogP contribution >= 0.6 is 0 Å². The van der Waals surface area contributed by atoms with Crippen LogP contribution in [0, 0.1) is 17.8 Å². The standard InChI is InChI=1S/C61H97N3O21/c1-17-46-61(12,73)52(68)37(7)63(15)31-33(3)29-59(10,72)53(85-57-50(67)45(62(13)14)27-34(4)78-57)35(5)51(36(6)55(69)82-46)84-48-30-60(11,74-16)54(38(8)79-48)83-47(65)23-24-75-25-26-77-41-21-22-44-42(28-41)49(66)43(32-64(44)40-19-20-40)56(70)80-39(9)81-58(71)76-18-2/h21-22,28,32-40,45-46,48,50-54,57,67-68,72-73H,17-20,23-27,29-31H2,1-16H3/t33-,34-,35+,36-,37-,38+,39?,45+,46-,48?,50-,51+,52-,53-,54+,57?,59-,60+,61-/m1/s1. The highest BCUT2D eigenvalue weighted by atomic mass is 16.8. The lowest BCUT2D eigenvalue weighted by Gasteiger charge is -2.49. The van der Waals surface area contributed by atoms with Crippen LogP contribution in [0.3, 0.4) is 0 Å². The van der Waals surface area contributed by atoms with Crippen molar-refractivity contribution in [3.8, 4) is 5.75 Å². The first-order valence-electron chi connectivity index (χ1n) is 30.1. The summed E-state index contributed by atoms with van der Waals surface area (Å²) in [7, 11) is 7.02. The summed E-state index contributed by atoms with van der Waals surface area (Å²) in [5.41, 5.74) is -4.97. The number of carbonyl (C=O) groups is 4. The molecule has 85 heavy (non-hydrogen) atoms. The van der Waals surface area contributed by atoms with E-state index in [4.69, 9.17) is 56.8 Å². The molecule has 6 rings (SSSR count). The van der Waals surface area contributed by atoms with E-state index in [1.807, 2.05) is 49.4 Å². The number of rotatable bonds is 20. The van der Waals surface area contributed by atoms with Gasteiger partial charge in [-0.3, -0.25) is 14.4 Å². The Labute approximate surface area is 499 Å². The molecule has 24 nitrogen and oxygen atoms in total. The minimum Gasteiger partial charge on any atom is -0.491 e.